The number of sulfone groups is 1. The molecule has 34 heavy (non-hydrogen) atoms. The number of carbonyl (C=O) groups is 1. The van der Waals surface area contributed by atoms with Crippen molar-refractivity contribution in [3.63, 3.8) is 0 Å². The fraction of sp³-hybridized carbons (Fsp3) is 0.174. The normalized spacial score (nSPS) is 12.7. The Kier molecular flexibility index (Phi) is 8.26. The van der Waals surface area contributed by atoms with Crippen LogP contribution in [0.15, 0.2) is 81.8 Å². The van der Waals surface area contributed by atoms with Crippen molar-refractivity contribution in [1.29, 1.82) is 0 Å². The molecule has 9 nitrogen and oxygen atoms in total. The van der Waals surface area contributed by atoms with Gasteiger partial charge < -0.3 is 20.3 Å². The number of aromatic nitrogens is 1. The van der Waals surface area contributed by atoms with Crippen molar-refractivity contribution in [2.75, 3.05) is 12.9 Å². The molecule has 1 aromatic heterocycles. The highest BCUT2D eigenvalue weighted by atomic mass is 32.2. The highest BCUT2D eigenvalue weighted by Gasteiger charge is 2.14. The first-order chi connectivity index (χ1) is 16.1. The number of ether oxygens (including phenoxy) is 2. The molecule has 1 heterocycles. The first kappa shape index (κ1) is 25.2. The number of amidine groups is 1. The monoisotopic (exact) mass is 501 g/mol. The molecule has 2 aromatic carbocycles. The zero-order valence-electron chi connectivity index (χ0n) is 18.4. The van der Waals surface area contributed by atoms with Crippen LogP contribution in [-0.4, -0.2) is 48.5 Å². The van der Waals surface area contributed by atoms with E-state index in [0.29, 0.717) is 10.8 Å². The van der Waals surface area contributed by atoms with Crippen LogP contribution in [0.4, 0.5) is 0 Å². The molecule has 1 atom stereocenters. The molecular formula is C23H23N3O6S2. The van der Waals surface area contributed by atoms with Gasteiger partial charge in [0.1, 0.15) is 28.4 Å². The van der Waals surface area contributed by atoms with Crippen molar-refractivity contribution in [2.45, 2.75) is 22.9 Å². The summed E-state index contributed by atoms with van der Waals surface area (Å²) < 4.78 is 34.8. The van der Waals surface area contributed by atoms with Crippen molar-refractivity contribution in [3.05, 3.63) is 72.4 Å². The summed E-state index contributed by atoms with van der Waals surface area (Å²) >= 11 is 1.05. The number of hydrogen-bond acceptors (Lipinski definition) is 8. The molecule has 11 heteroatoms. The number of benzene rings is 2. The molecule has 0 saturated heterocycles. The van der Waals surface area contributed by atoms with Crippen LogP contribution in [0.25, 0.3) is 0 Å². The Morgan fingerprint density at radius 3 is 2.44 bits per heavy atom. The zero-order chi connectivity index (χ0) is 24.7. The van der Waals surface area contributed by atoms with E-state index in [4.69, 9.17) is 15.2 Å². The van der Waals surface area contributed by atoms with E-state index >= 15 is 0 Å². The number of aliphatic hydroxyl groups excluding tert-OH is 1. The van der Waals surface area contributed by atoms with Gasteiger partial charge in [0.15, 0.2) is 15.0 Å². The summed E-state index contributed by atoms with van der Waals surface area (Å²) in [6.45, 7) is 1.44. The number of aliphatic hydroxyl groups is 1. The predicted molar refractivity (Wildman–Crippen MR) is 129 cm³/mol. The number of thioether (sulfide) groups is 1. The van der Waals surface area contributed by atoms with Crippen molar-refractivity contribution in [3.8, 4) is 17.2 Å². The number of pyridine rings is 1. The van der Waals surface area contributed by atoms with E-state index in [-0.39, 0.29) is 33.7 Å². The van der Waals surface area contributed by atoms with Crippen LogP contribution in [0, 0.1) is 0 Å². The molecule has 0 radical (unpaired) electrons. The van der Waals surface area contributed by atoms with Crippen molar-refractivity contribution in [2.24, 2.45) is 10.7 Å². The lowest BCUT2D eigenvalue weighted by molar-refractivity contribution is 0.100. The van der Waals surface area contributed by atoms with Gasteiger partial charge in [0.2, 0.25) is 0 Å². The lowest BCUT2D eigenvalue weighted by atomic mass is 10.2. The predicted octanol–water partition coefficient (Wildman–Crippen LogP) is 3.28. The van der Waals surface area contributed by atoms with Gasteiger partial charge in [0, 0.05) is 24.1 Å². The smallest absolute Gasteiger partial charge is 0.279 e. The fourth-order valence-electron chi connectivity index (χ4n) is 2.68. The standard InChI is InChI=1S/C23H23N3O6S2/c1-15(14-27)31-18-11-16(22(28)26-23(24)33-21-5-3-4-10-25-21)12-19(13-18)32-17-6-8-20(9-7-17)34(2,29)30/h3-13,15,27H,14H2,1-2H3,(H2,24,26,28). The Balaban J connectivity index is 1.87. The van der Waals surface area contributed by atoms with Crippen LogP contribution in [0.1, 0.15) is 17.3 Å². The van der Waals surface area contributed by atoms with E-state index < -0.39 is 21.8 Å². The third-order valence-electron chi connectivity index (χ3n) is 4.27. The first-order valence-electron chi connectivity index (χ1n) is 10.0. The molecule has 0 bridgehead atoms. The third kappa shape index (κ3) is 7.30. The molecule has 0 aliphatic rings. The van der Waals surface area contributed by atoms with Gasteiger partial charge in [-0.2, -0.15) is 4.99 Å². The molecule has 3 aromatic rings. The maximum absolute atomic E-state index is 12.8. The third-order valence-corrected chi connectivity index (χ3v) is 6.15. The Labute approximate surface area is 201 Å². The van der Waals surface area contributed by atoms with E-state index in [9.17, 15) is 18.3 Å². The second-order valence-corrected chi connectivity index (χ2v) is 10.2. The molecular weight excluding hydrogens is 478 g/mol. The van der Waals surface area contributed by atoms with Gasteiger partial charge in [-0.1, -0.05) is 6.07 Å². The average molecular weight is 502 g/mol. The van der Waals surface area contributed by atoms with Gasteiger partial charge in [0.05, 0.1) is 11.5 Å². The van der Waals surface area contributed by atoms with E-state index in [1.807, 2.05) is 0 Å². The highest BCUT2D eigenvalue weighted by Crippen LogP contribution is 2.29. The lowest BCUT2D eigenvalue weighted by Crippen LogP contribution is -2.16. The van der Waals surface area contributed by atoms with E-state index in [0.717, 1.165) is 18.0 Å². The topological polar surface area (TPSA) is 141 Å². The fourth-order valence-corrected chi connectivity index (χ4v) is 3.92. The van der Waals surface area contributed by atoms with Crippen molar-refractivity contribution < 1.29 is 27.8 Å². The first-order valence-corrected chi connectivity index (χ1v) is 12.7. The largest absolute Gasteiger partial charge is 0.488 e. The summed E-state index contributed by atoms with van der Waals surface area (Å²) in [5.74, 6) is 0.262. The summed E-state index contributed by atoms with van der Waals surface area (Å²) in [5, 5.41) is 9.91. The molecule has 3 rings (SSSR count). The molecule has 1 amide bonds. The second kappa shape index (κ2) is 11.1. The number of aliphatic imine (C=N–C) groups is 1. The van der Waals surface area contributed by atoms with Gasteiger partial charge >= 0.3 is 0 Å². The minimum atomic E-state index is -3.34. The van der Waals surface area contributed by atoms with Crippen LogP contribution in [0.3, 0.4) is 0 Å². The van der Waals surface area contributed by atoms with E-state index in [2.05, 4.69) is 9.98 Å². The number of nitrogens with zero attached hydrogens (tertiary/aromatic N) is 2. The number of nitrogens with two attached hydrogens (primary N) is 1. The highest BCUT2D eigenvalue weighted by molar-refractivity contribution is 8.13. The lowest BCUT2D eigenvalue weighted by Gasteiger charge is -2.15. The molecule has 0 aliphatic heterocycles. The minimum absolute atomic E-state index is 0.0116. The summed E-state index contributed by atoms with van der Waals surface area (Å²) in [5.41, 5.74) is 6.05. The second-order valence-electron chi connectivity index (χ2n) is 7.17. The Hall–Kier alpha value is -3.41. The average Bonchev–Trinajstić information content (AvgIpc) is 2.79. The van der Waals surface area contributed by atoms with Gasteiger partial charge in [-0.3, -0.25) is 4.79 Å². The summed E-state index contributed by atoms with van der Waals surface area (Å²) in [7, 11) is -3.34. The number of rotatable bonds is 8. The molecule has 3 N–H and O–H groups in total. The van der Waals surface area contributed by atoms with Gasteiger partial charge in [-0.05, 0) is 67.2 Å². The summed E-state index contributed by atoms with van der Waals surface area (Å²) in [6, 6.07) is 15.6. The molecule has 0 saturated carbocycles. The summed E-state index contributed by atoms with van der Waals surface area (Å²) in [4.78, 5) is 21.0. The Morgan fingerprint density at radius 1 is 1.12 bits per heavy atom. The van der Waals surface area contributed by atoms with Crippen molar-refractivity contribution >= 4 is 32.7 Å². The maximum atomic E-state index is 12.8. The minimum Gasteiger partial charge on any atom is -0.488 e. The molecule has 1 unspecified atom stereocenters. The number of amides is 1. The zero-order valence-corrected chi connectivity index (χ0v) is 20.0. The summed E-state index contributed by atoms with van der Waals surface area (Å²) in [6.07, 6.45) is 2.19. The van der Waals surface area contributed by atoms with Crippen LogP contribution < -0.4 is 15.2 Å². The van der Waals surface area contributed by atoms with E-state index in [1.165, 1.54) is 36.4 Å². The SMILES string of the molecule is CC(CO)Oc1cc(Oc2ccc(S(C)(=O)=O)cc2)cc(C(=O)N=C(N)Sc2ccccn2)c1. The van der Waals surface area contributed by atoms with Crippen molar-refractivity contribution in [1.82, 2.24) is 4.98 Å². The molecule has 0 aliphatic carbocycles. The molecule has 178 valence electrons. The van der Waals surface area contributed by atoms with Gasteiger partial charge in [0.25, 0.3) is 5.91 Å². The number of carbonyl (C=O) groups excluding carboxylic acids is 1. The van der Waals surface area contributed by atoms with Gasteiger partial charge in [-0.25, -0.2) is 13.4 Å². The van der Waals surface area contributed by atoms with Crippen LogP contribution in [-0.2, 0) is 9.84 Å². The van der Waals surface area contributed by atoms with Gasteiger partial charge in [-0.15, -0.1) is 0 Å². The van der Waals surface area contributed by atoms with Crippen LogP contribution >= 0.6 is 11.8 Å². The number of hydrogen-bond donors (Lipinski definition) is 2. The maximum Gasteiger partial charge on any atom is 0.279 e. The quantitative estimate of drug-likeness (QED) is 0.270. The van der Waals surface area contributed by atoms with Crippen LogP contribution in [0.5, 0.6) is 17.2 Å². The molecule has 0 fully saturated rings. The molecule has 0 spiro atoms. The van der Waals surface area contributed by atoms with Crippen LogP contribution in [0.2, 0.25) is 0 Å². The Morgan fingerprint density at radius 2 is 1.82 bits per heavy atom. The Bertz CT molecular complexity index is 1280. The van der Waals surface area contributed by atoms with E-state index in [1.54, 1.807) is 37.4 Å².